The van der Waals surface area contributed by atoms with Crippen molar-refractivity contribution in [1.82, 2.24) is 5.32 Å². The van der Waals surface area contributed by atoms with Crippen LogP contribution in [0.3, 0.4) is 0 Å². The summed E-state index contributed by atoms with van der Waals surface area (Å²) in [5.74, 6) is -1.74. The van der Waals surface area contributed by atoms with Crippen LogP contribution < -0.4 is 10.2 Å². The molecule has 1 fully saturated rings. The molecule has 2 amide bonds. The maximum Gasteiger partial charge on any atom is 0.305 e. The fourth-order valence-corrected chi connectivity index (χ4v) is 2.80. The Bertz CT molecular complexity index is 591. The molecule has 1 aromatic rings. The molecule has 7 heteroatoms. The summed E-state index contributed by atoms with van der Waals surface area (Å²) in [6.07, 6.45) is 2.00. The van der Waals surface area contributed by atoms with Crippen LogP contribution in [0.1, 0.15) is 12.8 Å². The van der Waals surface area contributed by atoms with Crippen LogP contribution in [0.2, 0.25) is 0 Å². The van der Waals surface area contributed by atoms with E-state index >= 15 is 0 Å². The van der Waals surface area contributed by atoms with Crippen LogP contribution in [-0.2, 0) is 14.4 Å². The lowest BCUT2D eigenvalue weighted by molar-refractivity contribution is -0.137. The average molecular weight is 322 g/mol. The molecule has 1 unspecified atom stereocenters. The van der Waals surface area contributed by atoms with E-state index in [1.165, 1.54) is 0 Å². The summed E-state index contributed by atoms with van der Waals surface area (Å²) in [4.78, 5) is 37.2. The number of hydrogen-bond acceptors (Lipinski definition) is 4. The monoisotopic (exact) mass is 322 g/mol. The zero-order valence-corrected chi connectivity index (χ0v) is 13.1. The van der Waals surface area contributed by atoms with Gasteiger partial charge < -0.3 is 15.3 Å². The molecule has 1 aliphatic heterocycles. The van der Waals surface area contributed by atoms with Gasteiger partial charge in [0.15, 0.2) is 0 Å². The minimum Gasteiger partial charge on any atom is -0.481 e. The largest absolute Gasteiger partial charge is 0.481 e. The van der Waals surface area contributed by atoms with E-state index in [1.807, 2.05) is 30.5 Å². The average Bonchev–Trinajstić information content (AvgIpc) is 2.89. The van der Waals surface area contributed by atoms with Gasteiger partial charge in [0.05, 0.1) is 12.3 Å². The van der Waals surface area contributed by atoms with Gasteiger partial charge in [-0.2, -0.15) is 0 Å². The Morgan fingerprint density at radius 1 is 1.45 bits per heavy atom. The van der Waals surface area contributed by atoms with Crippen molar-refractivity contribution in [2.24, 2.45) is 5.92 Å². The minimum atomic E-state index is -0.960. The standard InChI is InChI=1S/C15H18N2O4S/c1-22-12-4-2-3-11(8-12)17-9-10(7-13(17)18)15(21)16-6-5-14(19)20/h2-4,8,10H,5-7,9H2,1H3,(H,16,21)(H,19,20). The second-order valence-corrected chi connectivity index (χ2v) is 5.92. The molecule has 1 saturated heterocycles. The minimum absolute atomic E-state index is 0.0841. The van der Waals surface area contributed by atoms with Crippen LogP contribution in [0.5, 0.6) is 0 Å². The molecule has 0 saturated carbocycles. The number of amides is 2. The summed E-state index contributed by atoms with van der Waals surface area (Å²) in [6, 6.07) is 7.62. The van der Waals surface area contributed by atoms with Gasteiger partial charge in [-0.3, -0.25) is 14.4 Å². The van der Waals surface area contributed by atoms with Gasteiger partial charge in [0.1, 0.15) is 0 Å². The number of carboxylic acid groups (broad SMARTS) is 1. The number of rotatable bonds is 6. The van der Waals surface area contributed by atoms with Gasteiger partial charge in [0, 0.05) is 30.1 Å². The van der Waals surface area contributed by atoms with Crippen LogP contribution in [0.4, 0.5) is 5.69 Å². The Hall–Kier alpha value is -2.02. The van der Waals surface area contributed by atoms with Gasteiger partial charge in [-0.15, -0.1) is 11.8 Å². The third kappa shape index (κ3) is 4.00. The number of thioether (sulfide) groups is 1. The number of hydrogen-bond donors (Lipinski definition) is 2. The van der Waals surface area contributed by atoms with E-state index in [4.69, 9.17) is 5.11 Å². The fraction of sp³-hybridized carbons (Fsp3) is 0.400. The molecular weight excluding hydrogens is 304 g/mol. The number of nitrogens with one attached hydrogen (secondary N) is 1. The van der Waals surface area contributed by atoms with Crippen LogP contribution in [0, 0.1) is 5.92 Å². The number of anilines is 1. The highest BCUT2D eigenvalue weighted by Crippen LogP contribution is 2.28. The van der Waals surface area contributed by atoms with Gasteiger partial charge in [-0.1, -0.05) is 6.07 Å². The van der Waals surface area contributed by atoms with E-state index < -0.39 is 11.9 Å². The highest BCUT2D eigenvalue weighted by atomic mass is 32.2. The van der Waals surface area contributed by atoms with E-state index in [0.717, 1.165) is 10.6 Å². The van der Waals surface area contributed by atoms with Crippen molar-refractivity contribution >= 4 is 35.2 Å². The van der Waals surface area contributed by atoms with E-state index in [1.54, 1.807) is 16.7 Å². The van der Waals surface area contributed by atoms with Crippen molar-refractivity contribution < 1.29 is 19.5 Å². The quantitative estimate of drug-likeness (QED) is 0.772. The zero-order valence-electron chi connectivity index (χ0n) is 12.2. The fourth-order valence-electron chi connectivity index (χ4n) is 2.35. The van der Waals surface area contributed by atoms with Crippen molar-refractivity contribution in [1.29, 1.82) is 0 Å². The highest BCUT2D eigenvalue weighted by Gasteiger charge is 2.35. The molecular formula is C15H18N2O4S. The number of carbonyl (C=O) groups excluding carboxylic acids is 2. The van der Waals surface area contributed by atoms with Crippen molar-refractivity contribution in [3.05, 3.63) is 24.3 Å². The van der Waals surface area contributed by atoms with Gasteiger partial charge in [0.2, 0.25) is 11.8 Å². The van der Waals surface area contributed by atoms with Crippen molar-refractivity contribution in [2.45, 2.75) is 17.7 Å². The molecule has 0 spiro atoms. The molecule has 1 heterocycles. The lowest BCUT2D eigenvalue weighted by atomic mass is 10.1. The Morgan fingerprint density at radius 3 is 2.91 bits per heavy atom. The predicted molar refractivity (Wildman–Crippen MR) is 83.9 cm³/mol. The lowest BCUT2D eigenvalue weighted by Gasteiger charge is -2.17. The molecule has 1 aliphatic rings. The molecule has 2 rings (SSSR count). The van der Waals surface area contributed by atoms with Crippen LogP contribution >= 0.6 is 11.8 Å². The first-order valence-electron chi connectivity index (χ1n) is 6.95. The number of benzene rings is 1. The molecule has 1 atom stereocenters. The zero-order chi connectivity index (χ0) is 16.1. The van der Waals surface area contributed by atoms with Gasteiger partial charge >= 0.3 is 5.97 Å². The smallest absolute Gasteiger partial charge is 0.305 e. The lowest BCUT2D eigenvalue weighted by Crippen LogP contribution is -2.34. The number of aliphatic carboxylic acids is 1. The SMILES string of the molecule is CSc1cccc(N2CC(C(=O)NCCC(=O)O)CC2=O)c1. The molecule has 0 aliphatic carbocycles. The third-order valence-corrected chi connectivity index (χ3v) is 4.22. The van der Waals surface area contributed by atoms with Gasteiger partial charge in [-0.25, -0.2) is 0 Å². The van der Waals surface area contributed by atoms with Gasteiger partial charge in [0.25, 0.3) is 0 Å². The summed E-state index contributed by atoms with van der Waals surface area (Å²) in [6.45, 7) is 0.413. The Balaban J connectivity index is 1.98. The molecule has 2 N–H and O–H groups in total. The number of carbonyl (C=O) groups is 3. The van der Waals surface area contributed by atoms with Crippen LogP contribution in [0.25, 0.3) is 0 Å². The third-order valence-electron chi connectivity index (χ3n) is 3.50. The topological polar surface area (TPSA) is 86.7 Å². The molecule has 0 bridgehead atoms. The van der Waals surface area contributed by atoms with Crippen molar-refractivity contribution in [3.63, 3.8) is 0 Å². The van der Waals surface area contributed by atoms with Crippen molar-refractivity contribution in [2.75, 3.05) is 24.2 Å². The molecule has 6 nitrogen and oxygen atoms in total. The van der Waals surface area contributed by atoms with Crippen LogP contribution in [0.15, 0.2) is 29.2 Å². The van der Waals surface area contributed by atoms with E-state index in [9.17, 15) is 14.4 Å². The molecule has 0 aromatic heterocycles. The van der Waals surface area contributed by atoms with E-state index in [2.05, 4.69) is 5.32 Å². The first-order chi connectivity index (χ1) is 10.5. The molecule has 0 radical (unpaired) electrons. The maximum absolute atomic E-state index is 12.1. The summed E-state index contributed by atoms with van der Waals surface area (Å²) in [5, 5.41) is 11.1. The summed E-state index contributed by atoms with van der Waals surface area (Å²) in [5.41, 5.74) is 0.790. The summed E-state index contributed by atoms with van der Waals surface area (Å²) in [7, 11) is 0. The second-order valence-electron chi connectivity index (χ2n) is 5.04. The predicted octanol–water partition coefficient (Wildman–Crippen LogP) is 1.35. The summed E-state index contributed by atoms with van der Waals surface area (Å²) < 4.78 is 0. The molecule has 22 heavy (non-hydrogen) atoms. The first-order valence-corrected chi connectivity index (χ1v) is 8.17. The maximum atomic E-state index is 12.1. The normalized spacial score (nSPS) is 17.6. The number of nitrogens with zero attached hydrogens (tertiary/aromatic N) is 1. The second kappa shape index (κ2) is 7.31. The Morgan fingerprint density at radius 2 is 2.23 bits per heavy atom. The Labute approximate surface area is 132 Å². The van der Waals surface area contributed by atoms with Gasteiger partial charge in [-0.05, 0) is 24.5 Å². The van der Waals surface area contributed by atoms with Crippen LogP contribution in [-0.4, -0.2) is 42.2 Å². The molecule has 118 valence electrons. The van der Waals surface area contributed by atoms with E-state index in [-0.39, 0.29) is 31.2 Å². The van der Waals surface area contributed by atoms with Crippen molar-refractivity contribution in [3.8, 4) is 0 Å². The summed E-state index contributed by atoms with van der Waals surface area (Å²) >= 11 is 1.59. The number of carboxylic acids is 1. The molecule has 1 aromatic carbocycles. The van der Waals surface area contributed by atoms with E-state index in [0.29, 0.717) is 6.54 Å². The highest BCUT2D eigenvalue weighted by molar-refractivity contribution is 7.98. The Kier molecular flexibility index (Phi) is 5.43. The first kappa shape index (κ1) is 16.4.